The predicted octanol–water partition coefficient (Wildman–Crippen LogP) is 2.32. The van der Waals surface area contributed by atoms with Crippen LogP contribution in [0.2, 0.25) is 0 Å². The van der Waals surface area contributed by atoms with Crippen molar-refractivity contribution < 1.29 is 0 Å². The van der Waals surface area contributed by atoms with Crippen LogP contribution in [0.5, 0.6) is 0 Å². The van der Waals surface area contributed by atoms with Crippen LogP contribution in [0.1, 0.15) is 29.9 Å². The molecule has 1 aromatic heterocycles. The molecule has 0 amide bonds. The standard InChI is InChI=1S/C16H20N4/c17-9-13-1-3-14(4-2-13)15-5-7-20(8-6-15)16-10-18-12-19-11-16/h1-4,10-12,15H,5-9,17H2. The minimum Gasteiger partial charge on any atom is -0.369 e. The van der Waals surface area contributed by atoms with Crippen LogP contribution >= 0.6 is 0 Å². The highest BCUT2D eigenvalue weighted by molar-refractivity contribution is 5.42. The van der Waals surface area contributed by atoms with Crippen molar-refractivity contribution in [3.8, 4) is 0 Å². The van der Waals surface area contributed by atoms with Crippen LogP contribution in [0, 0.1) is 0 Å². The maximum atomic E-state index is 5.64. The van der Waals surface area contributed by atoms with Gasteiger partial charge in [0.15, 0.2) is 0 Å². The van der Waals surface area contributed by atoms with E-state index >= 15 is 0 Å². The molecule has 1 fully saturated rings. The zero-order valence-electron chi connectivity index (χ0n) is 11.6. The Kier molecular flexibility index (Phi) is 3.92. The average Bonchev–Trinajstić information content (AvgIpc) is 2.56. The third kappa shape index (κ3) is 2.80. The van der Waals surface area contributed by atoms with E-state index in [1.807, 2.05) is 12.4 Å². The van der Waals surface area contributed by atoms with Gasteiger partial charge in [0.1, 0.15) is 6.33 Å². The first-order chi connectivity index (χ1) is 9.86. The monoisotopic (exact) mass is 268 g/mol. The topological polar surface area (TPSA) is 55.0 Å². The Hall–Kier alpha value is -1.94. The third-order valence-electron chi connectivity index (χ3n) is 4.09. The van der Waals surface area contributed by atoms with E-state index in [2.05, 4.69) is 39.1 Å². The Morgan fingerprint density at radius 3 is 2.30 bits per heavy atom. The van der Waals surface area contributed by atoms with Gasteiger partial charge in [-0.2, -0.15) is 0 Å². The lowest BCUT2D eigenvalue weighted by atomic mass is 9.89. The SMILES string of the molecule is NCc1ccc(C2CCN(c3cncnc3)CC2)cc1. The molecule has 104 valence electrons. The average molecular weight is 268 g/mol. The van der Waals surface area contributed by atoms with Gasteiger partial charge in [0, 0.05) is 19.6 Å². The van der Waals surface area contributed by atoms with Crippen LogP contribution in [0.4, 0.5) is 5.69 Å². The molecule has 3 rings (SSSR count). The maximum absolute atomic E-state index is 5.64. The largest absolute Gasteiger partial charge is 0.369 e. The highest BCUT2D eigenvalue weighted by Gasteiger charge is 2.20. The number of rotatable bonds is 3. The van der Waals surface area contributed by atoms with E-state index in [0.717, 1.165) is 18.8 Å². The molecule has 0 saturated carbocycles. The van der Waals surface area contributed by atoms with Gasteiger partial charge in [-0.15, -0.1) is 0 Å². The molecule has 2 N–H and O–H groups in total. The van der Waals surface area contributed by atoms with Gasteiger partial charge in [0.05, 0.1) is 18.1 Å². The first kappa shape index (κ1) is 13.1. The van der Waals surface area contributed by atoms with Gasteiger partial charge in [-0.1, -0.05) is 24.3 Å². The third-order valence-corrected chi connectivity index (χ3v) is 4.09. The summed E-state index contributed by atoms with van der Waals surface area (Å²) in [5.74, 6) is 0.655. The van der Waals surface area contributed by atoms with Gasteiger partial charge in [-0.25, -0.2) is 9.97 Å². The molecule has 20 heavy (non-hydrogen) atoms. The Bertz CT molecular complexity index is 530. The Morgan fingerprint density at radius 2 is 1.70 bits per heavy atom. The molecule has 0 atom stereocenters. The number of nitrogens with zero attached hydrogens (tertiary/aromatic N) is 3. The molecule has 0 bridgehead atoms. The first-order valence-electron chi connectivity index (χ1n) is 7.15. The number of aromatic nitrogens is 2. The van der Waals surface area contributed by atoms with Crippen molar-refractivity contribution in [2.75, 3.05) is 18.0 Å². The number of anilines is 1. The number of benzene rings is 1. The second-order valence-electron chi connectivity index (χ2n) is 5.30. The summed E-state index contributed by atoms with van der Waals surface area (Å²) < 4.78 is 0. The minimum atomic E-state index is 0.618. The molecule has 1 saturated heterocycles. The summed E-state index contributed by atoms with van der Waals surface area (Å²) in [6.07, 6.45) is 7.72. The van der Waals surface area contributed by atoms with Crippen molar-refractivity contribution in [3.63, 3.8) is 0 Å². The molecule has 2 aromatic rings. The molecule has 2 heterocycles. The van der Waals surface area contributed by atoms with Crippen molar-refractivity contribution in [2.24, 2.45) is 5.73 Å². The van der Waals surface area contributed by atoms with E-state index in [1.165, 1.54) is 24.0 Å². The van der Waals surface area contributed by atoms with Crippen LogP contribution in [-0.2, 0) is 6.54 Å². The van der Waals surface area contributed by atoms with E-state index in [-0.39, 0.29) is 0 Å². The van der Waals surface area contributed by atoms with Gasteiger partial charge < -0.3 is 10.6 Å². The van der Waals surface area contributed by atoms with E-state index in [0.29, 0.717) is 12.5 Å². The van der Waals surface area contributed by atoms with Crippen LogP contribution in [-0.4, -0.2) is 23.1 Å². The van der Waals surface area contributed by atoms with Gasteiger partial charge >= 0.3 is 0 Å². The molecule has 4 heteroatoms. The molecular weight excluding hydrogens is 248 g/mol. The molecule has 1 aliphatic heterocycles. The lowest BCUT2D eigenvalue weighted by Gasteiger charge is -2.33. The number of hydrogen-bond donors (Lipinski definition) is 1. The molecule has 0 unspecified atom stereocenters. The van der Waals surface area contributed by atoms with Gasteiger partial charge in [-0.05, 0) is 29.9 Å². The molecular formula is C16H20N4. The lowest BCUT2D eigenvalue weighted by Crippen LogP contribution is -2.33. The molecule has 0 spiro atoms. The van der Waals surface area contributed by atoms with Crippen molar-refractivity contribution in [3.05, 3.63) is 54.1 Å². The summed E-state index contributed by atoms with van der Waals surface area (Å²) in [4.78, 5) is 10.5. The number of hydrogen-bond acceptors (Lipinski definition) is 4. The summed E-state index contributed by atoms with van der Waals surface area (Å²) in [6.45, 7) is 2.75. The van der Waals surface area contributed by atoms with Gasteiger partial charge in [-0.3, -0.25) is 0 Å². The smallest absolute Gasteiger partial charge is 0.115 e. The normalized spacial score (nSPS) is 16.4. The first-order valence-corrected chi connectivity index (χ1v) is 7.15. The summed E-state index contributed by atoms with van der Waals surface area (Å²) in [7, 11) is 0. The van der Waals surface area contributed by atoms with Crippen molar-refractivity contribution in [1.82, 2.24) is 9.97 Å². The van der Waals surface area contributed by atoms with E-state index in [9.17, 15) is 0 Å². The zero-order valence-corrected chi connectivity index (χ0v) is 11.6. The fourth-order valence-corrected chi connectivity index (χ4v) is 2.85. The summed E-state index contributed by atoms with van der Waals surface area (Å²) in [5.41, 5.74) is 9.41. The van der Waals surface area contributed by atoms with Crippen molar-refractivity contribution in [2.45, 2.75) is 25.3 Å². The number of nitrogens with two attached hydrogens (primary N) is 1. The second kappa shape index (κ2) is 6.01. The van der Waals surface area contributed by atoms with E-state index < -0.39 is 0 Å². The van der Waals surface area contributed by atoms with Crippen LogP contribution in [0.3, 0.4) is 0 Å². The van der Waals surface area contributed by atoms with E-state index in [4.69, 9.17) is 5.73 Å². The summed E-state index contributed by atoms with van der Waals surface area (Å²) >= 11 is 0. The van der Waals surface area contributed by atoms with Crippen molar-refractivity contribution >= 4 is 5.69 Å². The minimum absolute atomic E-state index is 0.618. The van der Waals surface area contributed by atoms with Crippen LogP contribution < -0.4 is 10.6 Å². The number of piperidine rings is 1. The van der Waals surface area contributed by atoms with E-state index in [1.54, 1.807) is 6.33 Å². The fourth-order valence-electron chi connectivity index (χ4n) is 2.85. The lowest BCUT2D eigenvalue weighted by molar-refractivity contribution is 0.504. The zero-order chi connectivity index (χ0) is 13.8. The Morgan fingerprint density at radius 1 is 1.05 bits per heavy atom. The second-order valence-corrected chi connectivity index (χ2v) is 5.30. The molecule has 1 aromatic carbocycles. The predicted molar refractivity (Wildman–Crippen MR) is 80.6 cm³/mol. The fraction of sp³-hybridized carbons (Fsp3) is 0.375. The van der Waals surface area contributed by atoms with Crippen molar-refractivity contribution in [1.29, 1.82) is 0 Å². The van der Waals surface area contributed by atoms with Gasteiger partial charge in [0.25, 0.3) is 0 Å². The Balaban J connectivity index is 1.63. The Labute approximate surface area is 119 Å². The summed E-state index contributed by atoms with van der Waals surface area (Å²) in [5, 5.41) is 0. The highest BCUT2D eigenvalue weighted by atomic mass is 15.1. The summed E-state index contributed by atoms with van der Waals surface area (Å²) in [6, 6.07) is 8.75. The highest BCUT2D eigenvalue weighted by Crippen LogP contribution is 2.30. The molecule has 0 radical (unpaired) electrons. The molecule has 0 aliphatic carbocycles. The van der Waals surface area contributed by atoms with Crippen LogP contribution in [0.25, 0.3) is 0 Å². The molecule has 1 aliphatic rings. The van der Waals surface area contributed by atoms with Gasteiger partial charge in [0.2, 0.25) is 0 Å². The quantitative estimate of drug-likeness (QED) is 0.928. The molecule has 4 nitrogen and oxygen atoms in total. The van der Waals surface area contributed by atoms with Crippen LogP contribution in [0.15, 0.2) is 43.0 Å². The maximum Gasteiger partial charge on any atom is 0.115 e.